The van der Waals surface area contributed by atoms with Crippen LogP contribution in [0.25, 0.3) is 0 Å². The lowest BCUT2D eigenvalue weighted by Gasteiger charge is -2.31. The lowest BCUT2D eigenvalue weighted by molar-refractivity contribution is 0.325. The van der Waals surface area contributed by atoms with E-state index in [1.54, 1.807) is 0 Å². The minimum atomic E-state index is -2.70. The summed E-state index contributed by atoms with van der Waals surface area (Å²) in [5.41, 5.74) is 0. The molecule has 0 saturated carbocycles. The maximum atomic E-state index is 5.94. The van der Waals surface area contributed by atoms with E-state index in [1.165, 1.54) is 0 Å². The quantitative estimate of drug-likeness (QED) is 0.478. The van der Waals surface area contributed by atoms with Crippen molar-refractivity contribution in [3.05, 3.63) is 0 Å². The van der Waals surface area contributed by atoms with Crippen molar-refractivity contribution in [1.82, 2.24) is 0 Å². The molecule has 0 spiro atoms. The molecule has 1 fully saturated rings. The number of hydrogen-bond donors (Lipinski definition) is 0. The molecule has 0 aromatic heterocycles. The molecule has 0 radical (unpaired) electrons. The van der Waals surface area contributed by atoms with Crippen molar-refractivity contribution in [3.8, 4) is 0 Å². The Bertz CT molecular complexity index is 122. The summed E-state index contributed by atoms with van der Waals surface area (Å²) in [6.07, 6.45) is -1.54. The summed E-state index contributed by atoms with van der Waals surface area (Å²) >= 11 is 23.6. The Morgan fingerprint density at radius 1 is 1.10 bits per heavy atom. The highest BCUT2D eigenvalue weighted by molar-refractivity contribution is 7.91. The third kappa shape index (κ3) is 1.83. The number of halogens is 4. The maximum Gasteiger partial charge on any atom is 0.404 e. The van der Waals surface area contributed by atoms with Crippen molar-refractivity contribution >= 4 is 57.0 Å². The molecule has 0 atom stereocenters. The van der Waals surface area contributed by atoms with Crippen LogP contribution in [0.2, 0.25) is 6.04 Å². The average molecular weight is 256 g/mol. The van der Waals surface area contributed by atoms with Crippen LogP contribution in [0.15, 0.2) is 0 Å². The zero-order valence-electron chi connectivity index (χ0n) is 5.04. The molecule has 0 aliphatic carbocycles. The Labute approximate surface area is 80.3 Å². The molecule has 0 aromatic rings. The van der Waals surface area contributed by atoms with Gasteiger partial charge in [0.15, 0.2) is 0 Å². The molecule has 0 unspecified atom stereocenters. The first-order chi connectivity index (χ1) is 4.46. The Kier molecular flexibility index (Phi) is 3.01. The van der Waals surface area contributed by atoms with Crippen molar-refractivity contribution in [2.75, 3.05) is 6.61 Å². The van der Waals surface area contributed by atoms with Crippen molar-refractivity contribution in [2.24, 2.45) is 0 Å². The topological polar surface area (TPSA) is 9.23 Å². The zero-order chi connectivity index (χ0) is 7.83. The molecule has 7 heteroatoms. The Balaban J connectivity index is 2.70. The van der Waals surface area contributed by atoms with Gasteiger partial charge in [0.2, 0.25) is 0 Å². The van der Waals surface area contributed by atoms with E-state index in [2.05, 4.69) is 0 Å². The molecule has 1 rings (SSSR count). The standard InChI is InChI=1S/C3H6Cl4OSi2/c4-9(5)3-1-2-8-10(9,6)7/h1-3H2. The summed E-state index contributed by atoms with van der Waals surface area (Å²) in [6.45, 7) is -2.10. The van der Waals surface area contributed by atoms with Crippen LogP contribution in [0.5, 0.6) is 0 Å². The largest absolute Gasteiger partial charge is 0.404 e. The van der Waals surface area contributed by atoms with Gasteiger partial charge in [-0.25, -0.2) is 0 Å². The molecule has 0 bridgehead atoms. The fourth-order valence-electron chi connectivity index (χ4n) is 0.746. The number of hydrogen-bond acceptors (Lipinski definition) is 1. The highest BCUT2D eigenvalue weighted by Gasteiger charge is 2.57. The summed E-state index contributed by atoms with van der Waals surface area (Å²) in [5, 5.41) is 0. The van der Waals surface area contributed by atoms with Gasteiger partial charge in [-0.1, -0.05) is 0 Å². The van der Waals surface area contributed by atoms with E-state index in [-0.39, 0.29) is 0 Å². The van der Waals surface area contributed by atoms with Gasteiger partial charge in [-0.15, -0.1) is 44.3 Å². The third-order valence-corrected chi connectivity index (χ3v) is 23.4. The van der Waals surface area contributed by atoms with E-state index in [0.717, 1.165) is 12.5 Å². The van der Waals surface area contributed by atoms with Gasteiger partial charge in [-0.05, 0) is 12.5 Å². The van der Waals surface area contributed by atoms with Crippen molar-refractivity contribution in [2.45, 2.75) is 12.5 Å². The van der Waals surface area contributed by atoms with Crippen LogP contribution in [-0.2, 0) is 4.43 Å². The molecule has 1 aliphatic heterocycles. The predicted molar refractivity (Wildman–Crippen MR) is 50.3 cm³/mol. The Morgan fingerprint density at radius 2 is 1.70 bits per heavy atom. The summed E-state index contributed by atoms with van der Waals surface area (Å²) in [5.74, 6) is 0. The van der Waals surface area contributed by atoms with Crippen molar-refractivity contribution in [3.63, 3.8) is 0 Å². The highest BCUT2D eigenvalue weighted by atomic mass is 35.8. The minimum absolute atomic E-state index is 0.605. The van der Waals surface area contributed by atoms with Gasteiger partial charge >= 0.3 is 12.7 Å². The van der Waals surface area contributed by atoms with E-state index < -0.39 is 12.7 Å². The normalized spacial score (nSPS) is 30.0. The first-order valence-electron chi connectivity index (χ1n) is 2.85. The first kappa shape index (κ1) is 9.64. The van der Waals surface area contributed by atoms with Crippen LogP contribution in [0.3, 0.4) is 0 Å². The fourth-order valence-corrected chi connectivity index (χ4v) is 8.53. The summed E-state index contributed by atoms with van der Waals surface area (Å²) in [7, 11) is 0. The first-order valence-corrected chi connectivity index (χ1v) is 12.0. The summed E-state index contributed by atoms with van der Waals surface area (Å²) in [4.78, 5) is 0. The fraction of sp³-hybridized carbons (Fsp3) is 1.00. The van der Waals surface area contributed by atoms with Crippen LogP contribution in [-0.4, -0.2) is 19.3 Å². The van der Waals surface area contributed by atoms with Crippen LogP contribution in [0.4, 0.5) is 0 Å². The SMILES string of the molecule is Cl[Si]1(Cl)CCCO[Si]1(Cl)Cl. The number of rotatable bonds is 0. The average Bonchev–Trinajstić information content (AvgIpc) is 1.77. The second-order valence-electron chi connectivity index (χ2n) is 2.17. The van der Waals surface area contributed by atoms with E-state index in [0.29, 0.717) is 6.61 Å². The minimum Gasteiger partial charge on any atom is -0.393 e. The van der Waals surface area contributed by atoms with E-state index in [1.807, 2.05) is 0 Å². The smallest absolute Gasteiger partial charge is 0.393 e. The molecule has 1 nitrogen and oxygen atoms in total. The molecule has 0 N–H and O–H groups in total. The van der Waals surface area contributed by atoms with Crippen LogP contribution >= 0.6 is 44.3 Å². The third-order valence-electron chi connectivity index (χ3n) is 1.34. The summed E-state index contributed by atoms with van der Waals surface area (Å²) < 4.78 is 5.15. The predicted octanol–water partition coefficient (Wildman–Crippen LogP) is 2.82. The highest BCUT2D eigenvalue weighted by Crippen LogP contribution is 2.41. The second-order valence-corrected chi connectivity index (χ2v) is 22.1. The molecule has 1 heterocycles. The van der Waals surface area contributed by atoms with Gasteiger partial charge in [-0.3, -0.25) is 0 Å². The molecule has 1 aliphatic rings. The van der Waals surface area contributed by atoms with Crippen molar-refractivity contribution in [1.29, 1.82) is 0 Å². The van der Waals surface area contributed by atoms with Gasteiger partial charge in [0.05, 0.1) is 0 Å². The summed E-state index contributed by atoms with van der Waals surface area (Å²) in [6, 6.07) is 0.759. The Hall–Kier alpha value is 1.55. The molecule has 0 aromatic carbocycles. The van der Waals surface area contributed by atoms with Crippen LogP contribution in [0.1, 0.15) is 6.42 Å². The molecule has 60 valence electrons. The van der Waals surface area contributed by atoms with Crippen LogP contribution in [0, 0.1) is 0 Å². The van der Waals surface area contributed by atoms with Crippen LogP contribution < -0.4 is 0 Å². The zero-order valence-corrected chi connectivity index (χ0v) is 10.1. The maximum absolute atomic E-state index is 5.94. The van der Waals surface area contributed by atoms with E-state index in [4.69, 9.17) is 48.7 Å². The lowest BCUT2D eigenvalue weighted by Crippen LogP contribution is -2.52. The Morgan fingerprint density at radius 3 is 2.00 bits per heavy atom. The molecule has 0 amide bonds. The molecule has 1 saturated heterocycles. The van der Waals surface area contributed by atoms with Gasteiger partial charge in [0, 0.05) is 6.61 Å². The van der Waals surface area contributed by atoms with Gasteiger partial charge < -0.3 is 4.43 Å². The van der Waals surface area contributed by atoms with Gasteiger partial charge in [-0.2, -0.15) is 0 Å². The van der Waals surface area contributed by atoms with E-state index >= 15 is 0 Å². The van der Waals surface area contributed by atoms with E-state index in [9.17, 15) is 0 Å². The molecular formula is C3H6Cl4OSi2. The van der Waals surface area contributed by atoms with Gasteiger partial charge in [0.25, 0.3) is 0 Å². The van der Waals surface area contributed by atoms with Gasteiger partial charge in [0.1, 0.15) is 0 Å². The monoisotopic (exact) mass is 254 g/mol. The molecular weight excluding hydrogens is 250 g/mol. The molecule has 10 heavy (non-hydrogen) atoms. The lowest BCUT2D eigenvalue weighted by atomic mass is 10.5. The van der Waals surface area contributed by atoms with Crippen molar-refractivity contribution < 1.29 is 4.43 Å². The second kappa shape index (κ2) is 3.13.